The molecule has 0 fully saturated rings. The molecule has 0 unspecified atom stereocenters. The molecule has 0 atom stereocenters. The average molecular weight is 390 g/mol. The Kier molecular flexibility index (Phi) is 6.13. The van der Waals surface area contributed by atoms with Gasteiger partial charge in [0.05, 0.1) is 12.3 Å². The third-order valence-corrected chi connectivity index (χ3v) is 4.84. The molecule has 2 aliphatic heterocycles. The molecule has 0 aromatic heterocycles. The van der Waals surface area contributed by atoms with E-state index in [2.05, 4.69) is 0 Å². The Morgan fingerprint density at radius 2 is 1.86 bits per heavy atom. The van der Waals surface area contributed by atoms with Crippen molar-refractivity contribution >= 4 is 17.7 Å². The summed E-state index contributed by atoms with van der Waals surface area (Å²) < 4.78 is 16.6. The highest BCUT2D eigenvalue weighted by molar-refractivity contribution is 5.98. The molecule has 0 N–H and O–H groups in total. The van der Waals surface area contributed by atoms with Gasteiger partial charge in [0.1, 0.15) is 11.4 Å². The molecule has 28 heavy (non-hydrogen) atoms. The Hall–Kier alpha value is -2.28. The summed E-state index contributed by atoms with van der Waals surface area (Å²) in [6, 6.07) is 4.05. The van der Waals surface area contributed by atoms with Crippen LogP contribution in [-0.4, -0.2) is 62.0 Å². The molecular formula is C21H30N2O5. The molecule has 2 amide bonds. The van der Waals surface area contributed by atoms with E-state index in [-0.39, 0.29) is 18.6 Å². The molecule has 0 saturated heterocycles. The Bertz CT molecular complexity index is 741. The van der Waals surface area contributed by atoms with Crippen LogP contribution in [0.4, 0.5) is 10.5 Å². The van der Waals surface area contributed by atoms with Gasteiger partial charge in [0.2, 0.25) is 0 Å². The van der Waals surface area contributed by atoms with Crippen LogP contribution in [0.5, 0.6) is 5.75 Å². The molecule has 154 valence electrons. The highest BCUT2D eigenvalue weighted by Gasteiger charge is 2.29. The summed E-state index contributed by atoms with van der Waals surface area (Å²) in [6.45, 7) is 10.4. The van der Waals surface area contributed by atoms with Gasteiger partial charge >= 0.3 is 6.09 Å². The van der Waals surface area contributed by atoms with Crippen molar-refractivity contribution in [1.82, 2.24) is 4.90 Å². The van der Waals surface area contributed by atoms with E-state index in [4.69, 9.17) is 14.2 Å². The number of rotatable bonds is 4. The van der Waals surface area contributed by atoms with Crippen molar-refractivity contribution in [3.63, 3.8) is 0 Å². The molecule has 7 nitrogen and oxygen atoms in total. The molecule has 1 aromatic carbocycles. The lowest BCUT2D eigenvalue weighted by Crippen LogP contribution is -2.41. The van der Waals surface area contributed by atoms with Gasteiger partial charge in [0, 0.05) is 26.2 Å². The second kappa shape index (κ2) is 8.39. The van der Waals surface area contributed by atoms with E-state index in [1.54, 1.807) is 9.80 Å². The van der Waals surface area contributed by atoms with E-state index in [1.807, 2.05) is 39.8 Å². The SMILES string of the molecule is CCOCCN1C(=O)COc2cc3c(cc21)CCN(C(=O)OC(C)(C)C)CC3. The highest BCUT2D eigenvalue weighted by Crippen LogP contribution is 2.36. The Morgan fingerprint density at radius 3 is 2.50 bits per heavy atom. The average Bonchev–Trinajstić information content (AvgIpc) is 2.83. The van der Waals surface area contributed by atoms with Crippen molar-refractivity contribution in [2.24, 2.45) is 0 Å². The number of fused-ring (bicyclic) bond motifs is 2. The van der Waals surface area contributed by atoms with Gasteiger partial charge in [0.25, 0.3) is 5.91 Å². The summed E-state index contributed by atoms with van der Waals surface area (Å²) in [4.78, 5) is 28.3. The maximum absolute atomic E-state index is 12.4. The zero-order chi connectivity index (χ0) is 20.3. The lowest BCUT2D eigenvalue weighted by Gasteiger charge is -2.30. The highest BCUT2D eigenvalue weighted by atomic mass is 16.6. The van der Waals surface area contributed by atoms with Crippen molar-refractivity contribution in [1.29, 1.82) is 0 Å². The number of ether oxygens (including phenoxy) is 3. The smallest absolute Gasteiger partial charge is 0.410 e. The summed E-state index contributed by atoms with van der Waals surface area (Å²) >= 11 is 0. The Balaban J connectivity index is 1.77. The number of nitrogens with zero attached hydrogens (tertiary/aromatic N) is 2. The minimum atomic E-state index is -0.509. The fourth-order valence-electron chi connectivity index (χ4n) is 3.47. The molecule has 3 rings (SSSR count). The summed E-state index contributed by atoms with van der Waals surface area (Å²) in [6.07, 6.45) is 1.17. The lowest BCUT2D eigenvalue weighted by atomic mass is 10.0. The lowest BCUT2D eigenvalue weighted by molar-refractivity contribution is -0.121. The number of carbonyl (C=O) groups is 2. The van der Waals surface area contributed by atoms with Crippen LogP contribution in [0.2, 0.25) is 0 Å². The van der Waals surface area contributed by atoms with Crippen LogP contribution in [0, 0.1) is 0 Å². The first-order chi connectivity index (χ1) is 13.3. The Morgan fingerprint density at radius 1 is 1.18 bits per heavy atom. The van der Waals surface area contributed by atoms with Crippen LogP contribution in [0.25, 0.3) is 0 Å². The summed E-state index contributed by atoms with van der Waals surface area (Å²) in [5.41, 5.74) is 2.58. The molecule has 0 bridgehead atoms. The maximum atomic E-state index is 12.4. The van der Waals surface area contributed by atoms with E-state index < -0.39 is 5.60 Å². The standard InChI is InChI=1S/C21H30N2O5/c1-5-26-11-10-23-17-12-15-6-8-22(20(25)28-21(2,3)4)9-7-16(15)13-18(17)27-14-19(23)24/h12-13H,5-11,14H2,1-4H3. The predicted octanol–water partition coefficient (Wildman–Crippen LogP) is 2.78. The van der Waals surface area contributed by atoms with Gasteiger partial charge < -0.3 is 24.0 Å². The summed E-state index contributed by atoms with van der Waals surface area (Å²) in [5.74, 6) is 0.664. The summed E-state index contributed by atoms with van der Waals surface area (Å²) in [5, 5.41) is 0. The minimum Gasteiger partial charge on any atom is -0.482 e. The van der Waals surface area contributed by atoms with Gasteiger partial charge in [-0.25, -0.2) is 4.79 Å². The fourth-order valence-corrected chi connectivity index (χ4v) is 3.47. The molecule has 0 saturated carbocycles. The number of benzene rings is 1. The first-order valence-electron chi connectivity index (χ1n) is 9.93. The quantitative estimate of drug-likeness (QED) is 0.740. The minimum absolute atomic E-state index is 0.0436. The molecule has 2 aliphatic rings. The number of hydrogen-bond acceptors (Lipinski definition) is 5. The van der Waals surface area contributed by atoms with Gasteiger partial charge in [-0.05, 0) is 63.8 Å². The zero-order valence-corrected chi connectivity index (χ0v) is 17.2. The number of carbonyl (C=O) groups excluding carboxylic acids is 2. The maximum Gasteiger partial charge on any atom is 0.410 e. The van der Waals surface area contributed by atoms with Crippen LogP contribution < -0.4 is 9.64 Å². The fraction of sp³-hybridized carbons (Fsp3) is 0.619. The van der Waals surface area contributed by atoms with E-state index in [1.165, 1.54) is 0 Å². The monoisotopic (exact) mass is 390 g/mol. The molecule has 0 aliphatic carbocycles. The van der Waals surface area contributed by atoms with Crippen LogP contribution in [0.3, 0.4) is 0 Å². The number of anilines is 1. The zero-order valence-electron chi connectivity index (χ0n) is 17.2. The third-order valence-electron chi connectivity index (χ3n) is 4.84. The van der Waals surface area contributed by atoms with Gasteiger partial charge in [0.15, 0.2) is 6.61 Å². The van der Waals surface area contributed by atoms with Crippen LogP contribution >= 0.6 is 0 Å². The predicted molar refractivity (Wildman–Crippen MR) is 106 cm³/mol. The van der Waals surface area contributed by atoms with Crippen molar-refractivity contribution in [2.45, 2.75) is 46.1 Å². The topological polar surface area (TPSA) is 68.3 Å². The second-order valence-corrected chi connectivity index (χ2v) is 8.09. The van der Waals surface area contributed by atoms with Crippen LogP contribution in [-0.2, 0) is 27.1 Å². The normalized spacial score (nSPS) is 16.8. The largest absolute Gasteiger partial charge is 0.482 e. The van der Waals surface area contributed by atoms with E-state index in [0.717, 1.165) is 35.4 Å². The van der Waals surface area contributed by atoms with Gasteiger partial charge in [-0.15, -0.1) is 0 Å². The molecule has 1 aromatic rings. The van der Waals surface area contributed by atoms with Crippen molar-refractivity contribution in [2.75, 3.05) is 44.4 Å². The summed E-state index contributed by atoms with van der Waals surface area (Å²) in [7, 11) is 0. The van der Waals surface area contributed by atoms with Gasteiger partial charge in [-0.1, -0.05) is 0 Å². The first kappa shape index (κ1) is 20.5. The first-order valence-corrected chi connectivity index (χ1v) is 9.93. The second-order valence-electron chi connectivity index (χ2n) is 8.09. The van der Waals surface area contributed by atoms with E-state index in [9.17, 15) is 9.59 Å². The van der Waals surface area contributed by atoms with Gasteiger partial charge in [-0.3, -0.25) is 4.79 Å². The van der Waals surface area contributed by atoms with E-state index in [0.29, 0.717) is 32.8 Å². The van der Waals surface area contributed by atoms with E-state index >= 15 is 0 Å². The van der Waals surface area contributed by atoms with Crippen LogP contribution in [0.1, 0.15) is 38.8 Å². The third kappa shape index (κ3) is 4.76. The number of hydrogen-bond donors (Lipinski definition) is 0. The number of amides is 2. The Labute approximate surface area is 166 Å². The van der Waals surface area contributed by atoms with Gasteiger partial charge in [-0.2, -0.15) is 0 Å². The van der Waals surface area contributed by atoms with Crippen LogP contribution in [0.15, 0.2) is 12.1 Å². The molecule has 0 radical (unpaired) electrons. The molecular weight excluding hydrogens is 360 g/mol. The molecule has 2 heterocycles. The molecule has 0 spiro atoms. The van der Waals surface area contributed by atoms with Crippen molar-refractivity contribution < 1.29 is 23.8 Å². The van der Waals surface area contributed by atoms with Crippen molar-refractivity contribution in [3.8, 4) is 5.75 Å². The molecule has 7 heteroatoms. The van der Waals surface area contributed by atoms with Crippen molar-refractivity contribution in [3.05, 3.63) is 23.3 Å².